The molecule has 0 aromatic rings. The Hall–Kier alpha value is -2.11. The summed E-state index contributed by atoms with van der Waals surface area (Å²) in [6.45, 7) is 6.70. The van der Waals surface area contributed by atoms with Gasteiger partial charge >= 0.3 is 17.9 Å². The summed E-state index contributed by atoms with van der Waals surface area (Å²) in [4.78, 5) is 38.3. The van der Waals surface area contributed by atoms with Gasteiger partial charge in [0.15, 0.2) is 6.10 Å². The summed E-state index contributed by atoms with van der Waals surface area (Å²) in [5.41, 5.74) is 0. The third-order valence-electron chi connectivity index (χ3n) is 14.7. The fourth-order valence-corrected chi connectivity index (χ4v) is 9.79. The summed E-state index contributed by atoms with van der Waals surface area (Å²) >= 11 is 0. The highest BCUT2D eigenvalue weighted by atomic mass is 16.6. The van der Waals surface area contributed by atoms with Crippen LogP contribution < -0.4 is 0 Å². The molecule has 1 unspecified atom stereocenters. The zero-order valence-corrected chi connectivity index (χ0v) is 48.7. The Morgan fingerprint density at radius 2 is 0.458 bits per heavy atom. The maximum atomic E-state index is 12.9. The normalized spacial score (nSPS) is 12.1. The van der Waals surface area contributed by atoms with Crippen molar-refractivity contribution >= 4 is 17.9 Å². The predicted octanol–water partition coefficient (Wildman–Crippen LogP) is 21.8. The van der Waals surface area contributed by atoms with Gasteiger partial charge in [0.25, 0.3) is 0 Å². The maximum Gasteiger partial charge on any atom is 0.306 e. The van der Waals surface area contributed by atoms with Crippen molar-refractivity contribution in [2.45, 2.75) is 367 Å². The molecule has 0 heterocycles. The van der Waals surface area contributed by atoms with Crippen molar-refractivity contribution < 1.29 is 28.6 Å². The van der Waals surface area contributed by atoms with Crippen LogP contribution in [-0.4, -0.2) is 37.2 Å². The number of hydrogen-bond acceptors (Lipinski definition) is 6. The van der Waals surface area contributed by atoms with Crippen LogP contribution >= 0.6 is 0 Å². The van der Waals surface area contributed by atoms with Gasteiger partial charge in [-0.15, -0.1) is 0 Å². The lowest BCUT2D eigenvalue weighted by Crippen LogP contribution is -2.30. The molecule has 0 fully saturated rings. The third kappa shape index (κ3) is 58.8. The number of hydrogen-bond donors (Lipinski definition) is 0. The molecule has 0 aliphatic carbocycles. The van der Waals surface area contributed by atoms with Gasteiger partial charge in [-0.1, -0.05) is 295 Å². The Bertz CT molecular complexity index is 1160. The number of rotatable bonds is 60. The first-order valence-corrected chi connectivity index (χ1v) is 32.3. The molecule has 6 nitrogen and oxygen atoms in total. The molecule has 1 atom stereocenters. The first-order chi connectivity index (χ1) is 35.5. The molecule has 0 aromatic carbocycles. The summed E-state index contributed by atoms with van der Waals surface area (Å²) in [5, 5.41) is 0. The number of carbonyl (C=O) groups excluding carboxylic acids is 3. The topological polar surface area (TPSA) is 78.9 Å². The SMILES string of the molecule is CCCCCCCCCCC/C=C\CCCCCCCC(=O)OCC(COC(=O)CCCCCCCCCCCCCCCCCCCC)OC(=O)CCCCCCC/C=C\CCCCCCCCCCC. The number of unbranched alkanes of at least 4 members (excludes halogenated alkanes) is 45. The molecule has 0 aliphatic heterocycles. The van der Waals surface area contributed by atoms with Crippen LogP contribution in [-0.2, 0) is 28.6 Å². The molecule has 0 radical (unpaired) electrons. The lowest BCUT2D eigenvalue weighted by Gasteiger charge is -2.18. The number of esters is 3. The van der Waals surface area contributed by atoms with E-state index in [0.29, 0.717) is 19.3 Å². The first kappa shape index (κ1) is 69.9. The van der Waals surface area contributed by atoms with E-state index in [-0.39, 0.29) is 31.1 Å². The summed E-state index contributed by atoms with van der Waals surface area (Å²) in [7, 11) is 0. The zero-order chi connectivity index (χ0) is 52.2. The monoisotopic (exact) mass is 1010 g/mol. The highest BCUT2D eigenvalue weighted by molar-refractivity contribution is 5.71. The van der Waals surface area contributed by atoms with Crippen LogP contribution in [0.5, 0.6) is 0 Å². The van der Waals surface area contributed by atoms with Crippen molar-refractivity contribution in [3.63, 3.8) is 0 Å². The second-order valence-corrected chi connectivity index (χ2v) is 22.0. The molecule has 0 N–H and O–H groups in total. The molecule has 0 saturated heterocycles. The number of allylic oxidation sites excluding steroid dienone is 4. The van der Waals surface area contributed by atoms with Gasteiger partial charge in [-0.2, -0.15) is 0 Å². The molecule has 72 heavy (non-hydrogen) atoms. The Morgan fingerprint density at radius 1 is 0.264 bits per heavy atom. The van der Waals surface area contributed by atoms with Crippen molar-refractivity contribution in [3.8, 4) is 0 Å². The largest absolute Gasteiger partial charge is 0.462 e. The zero-order valence-electron chi connectivity index (χ0n) is 48.7. The maximum absolute atomic E-state index is 12.9. The van der Waals surface area contributed by atoms with Gasteiger partial charge in [-0.3, -0.25) is 14.4 Å². The van der Waals surface area contributed by atoms with E-state index in [9.17, 15) is 14.4 Å². The Kier molecular flexibility index (Phi) is 59.6. The molecule has 0 spiro atoms. The molecule has 6 heteroatoms. The summed E-state index contributed by atoms with van der Waals surface area (Å²) < 4.78 is 16.9. The lowest BCUT2D eigenvalue weighted by atomic mass is 10.0. The fraction of sp³-hybridized carbons (Fsp3) is 0.894. The van der Waals surface area contributed by atoms with Crippen LogP contribution in [0.1, 0.15) is 361 Å². The van der Waals surface area contributed by atoms with Crippen LogP contribution in [0.25, 0.3) is 0 Å². The van der Waals surface area contributed by atoms with E-state index in [2.05, 4.69) is 45.1 Å². The van der Waals surface area contributed by atoms with Crippen molar-refractivity contribution in [2.75, 3.05) is 13.2 Å². The van der Waals surface area contributed by atoms with Gasteiger partial charge in [0.1, 0.15) is 13.2 Å². The van der Waals surface area contributed by atoms with Crippen LogP contribution in [0.15, 0.2) is 24.3 Å². The van der Waals surface area contributed by atoms with Crippen molar-refractivity contribution in [1.29, 1.82) is 0 Å². The predicted molar refractivity (Wildman–Crippen MR) is 312 cm³/mol. The number of carbonyl (C=O) groups is 3. The summed E-state index contributed by atoms with van der Waals surface area (Å²) in [6.07, 6.45) is 73.2. The van der Waals surface area contributed by atoms with Crippen molar-refractivity contribution in [3.05, 3.63) is 24.3 Å². The Labute approximate surface area is 449 Å². The van der Waals surface area contributed by atoms with Crippen LogP contribution in [0, 0.1) is 0 Å². The van der Waals surface area contributed by atoms with Gasteiger partial charge in [0, 0.05) is 19.3 Å². The lowest BCUT2D eigenvalue weighted by molar-refractivity contribution is -0.167. The van der Waals surface area contributed by atoms with E-state index in [4.69, 9.17) is 14.2 Å². The van der Waals surface area contributed by atoms with E-state index < -0.39 is 6.10 Å². The molecule has 0 rings (SSSR count). The third-order valence-corrected chi connectivity index (χ3v) is 14.7. The average Bonchev–Trinajstić information content (AvgIpc) is 3.38. The van der Waals surface area contributed by atoms with E-state index in [1.807, 2.05) is 0 Å². The molecule has 0 aliphatic rings. The molecular weight excluding hydrogens is 889 g/mol. The molecule has 424 valence electrons. The van der Waals surface area contributed by atoms with Gasteiger partial charge in [0.05, 0.1) is 0 Å². The minimum Gasteiger partial charge on any atom is -0.462 e. The first-order valence-electron chi connectivity index (χ1n) is 32.3. The quantitative estimate of drug-likeness (QED) is 0.0261. The molecule has 0 bridgehead atoms. The Morgan fingerprint density at radius 3 is 0.694 bits per heavy atom. The molecule has 0 aromatic heterocycles. The standard InChI is InChI=1S/C66H124O6/c1-4-7-10-13-16-19-22-25-28-31-34-37-40-43-46-49-52-55-58-64(67)70-61-63(72-66(69)60-57-54-51-48-45-42-39-36-33-30-27-24-21-18-15-12-9-6-3)62-71-65(68)59-56-53-50-47-44-41-38-35-32-29-26-23-20-17-14-11-8-5-2/h34,36-37,39,63H,4-33,35,38,40-62H2,1-3H3/b37-34-,39-36-. The molecule has 0 saturated carbocycles. The smallest absolute Gasteiger partial charge is 0.306 e. The van der Waals surface area contributed by atoms with Crippen molar-refractivity contribution in [2.24, 2.45) is 0 Å². The van der Waals surface area contributed by atoms with Gasteiger partial charge in [-0.25, -0.2) is 0 Å². The van der Waals surface area contributed by atoms with Gasteiger partial charge in [-0.05, 0) is 70.6 Å². The summed E-state index contributed by atoms with van der Waals surface area (Å²) in [6, 6.07) is 0. The van der Waals surface area contributed by atoms with Crippen LogP contribution in [0.2, 0.25) is 0 Å². The van der Waals surface area contributed by atoms with E-state index in [0.717, 1.165) is 70.6 Å². The Balaban J connectivity index is 4.34. The van der Waals surface area contributed by atoms with E-state index in [1.165, 1.54) is 250 Å². The van der Waals surface area contributed by atoms with Gasteiger partial charge < -0.3 is 14.2 Å². The molecular formula is C66H124O6. The molecule has 0 amide bonds. The highest BCUT2D eigenvalue weighted by Gasteiger charge is 2.19. The number of ether oxygens (including phenoxy) is 3. The second kappa shape index (κ2) is 61.4. The van der Waals surface area contributed by atoms with E-state index in [1.54, 1.807) is 0 Å². The van der Waals surface area contributed by atoms with Crippen LogP contribution in [0.4, 0.5) is 0 Å². The second-order valence-electron chi connectivity index (χ2n) is 22.0. The minimum absolute atomic E-state index is 0.0722. The average molecular weight is 1010 g/mol. The van der Waals surface area contributed by atoms with Crippen molar-refractivity contribution in [1.82, 2.24) is 0 Å². The van der Waals surface area contributed by atoms with Crippen LogP contribution in [0.3, 0.4) is 0 Å². The summed E-state index contributed by atoms with van der Waals surface area (Å²) in [5.74, 6) is -0.862. The highest BCUT2D eigenvalue weighted by Crippen LogP contribution is 2.17. The minimum atomic E-state index is -0.776. The van der Waals surface area contributed by atoms with Gasteiger partial charge in [0.2, 0.25) is 0 Å². The fourth-order valence-electron chi connectivity index (χ4n) is 9.79. The van der Waals surface area contributed by atoms with E-state index >= 15 is 0 Å².